The number of rotatable bonds is 5. The van der Waals surface area contributed by atoms with E-state index < -0.39 is 5.60 Å². The van der Waals surface area contributed by atoms with Gasteiger partial charge in [-0.15, -0.1) is 0 Å². The van der Waals surface area contributed by atoms with Gasteiger partial charge in [0.25, 0.3) is 0 Å². The first kappa shape index (κ1) is 12.5. The normalized spacial score (nSPS) is 19.1. The van der Waals surface area contributed by atoms with Crippen LogP contribution in [0.1, 0.15) is 51.7 Å². The van der Waals surface area contributed by atoms with Crippen molar-refractivity contribution in [3.63, 3.8) is 0 Å². The van der Waals surface area contributed by atoms with Crippen molar-refractivity contribution in [2.45, 2.75) is 57.6 Å². The molecule has 1 fully saturated rings. The number of hydrogen-bond acceptors (Lipinski definition) is 5. The summed E-state index contributed by atoms with van der Waals surface area (Å²) in [5, 5.41) is 3.98. The molecule has 17 heavy (non-hydrogen) atoms. The molecule has 0 bridgehead atoms. The second kappa shape index (κ2) is 4.38. The van der Waals surface area contributed by atoms with E-state index in [-0.39, 0.29) is 5.54 Å². The second-order valence-electron chi connectivity index (χ2n) is 5.35. The van der Waals surface area contributed by atoms with Gasteiger partial charge in [-0.3, -0.25) is 0 Å². The number of ether oxygens (including phenoxy) is 1. The maximum Gasteiger partial charge on any atom is 0.228 e. The molecule has 2 rings (SSSR count). The molecule has 2 N–H and O–H groups in total. The third-order valence-electron chi connectivity index (χ3n) is 3.36. The first-order valence-electron chi connectivity index (χ1n) is 6.21. The number of aromatic nitrogens is 2. The molecule has 0 radical (unpaired) electrons. The lowest BCUT2D eigenvalue weighted by Gasteiger charge is -2.36. The first-order valence-corrected chi connectivity index (χ1v) is 6.21. The third-order valence-corrected chi connectivity index (χ3v) is 3.36. The summed E-state index contributed by atoms with van der Waals surface area (Å²) in [4.78, 5) is 4.38. The Labute approximate surface area is 102 Å². The van der Waals surface area contributed by atoms with E-state index in [1.54, 1.807) is 0 Å². The molecule has 1 aliphatic rings. The van der Waals surface area contributed by atoms with Gasteiger partial charge in [-0.05, 0) is 40.0 Å². The Morgan fingerprint density at radius 1 is 1.47 bits per heavy atom. The van der Waals surface area contributed by atoms with E-state index in [1.807, 2.05) is 20.8 Å². The molecule has 96 valence electrons. The molecule has 0 spiro atoms. The fraction of sp³-hybridized carbons (Fsp3) is 0.833. The highest BCUT2D eigenvalue weighted by Gasteiger charge is 2.35. The van der Waals surface area contributed by atoms with Crippen LogP contribution in [0.4, 0.5) is 0 Å². The molecule has 0 atom stereocenters. The molecule has 5 heteroatoms. The van der Waals surface area contributed by atoms with Gasteiger partial charge in [0.1, 0.15) is 5.60 Å². The van der Waals surface area contributed by atoms with Crippen LogP contribution in [0.15, 0.2) is 4.52 Å². The summed E-state index contributed by atoms with van der Waals surface area (Å²) in [5.74, 6) is 1.22. The molecule has 5 nitrogen and oxygen atoms in total. The molecule has 0 amide bonds. The van der Waals surface area contributed by atoms with Crippen LogP contribution in [0.2, 0.25) is 0 Å². The summed E-state index contributed by atoms with van der Waals surface area (Å²) in [5.41, 5.74) is 5.53. The zero-order valence-electron chi connectivity index (χ0n) is 10.8. The fourth-order valence-electron chi connectivity index (χ4n) is 2.11. The van der Waals surface area contributed by atoms with Crippen LogP contribution >= 0.6 is 0 Å². The van der Waals surface area contributed by atoms with Crippen LogP contribution in [0.25, 0.3) is 0 Å². The lowest BCUT2D eigenvalue weighted by Crippen LogP contribution is -2.48. The van der Waals surface area contributed by atoms with Crippen LogP contribution in [-0.2, 0) is 16.8 Å². The van der Waals surface area contributed by atoms with Gasteiger partial charge in [0, 0.05) is 18.6 Å². The quantitative estimate of drug-likeness (QED) is 0.847. The van der Waals surface area contributed by atoms with E-state index in [9.17, 15) is 0 Å². The van der Waals surface area contributed by atoms with E-state index in [2.05, 4.69) is 10.1 Å². The van der Waals surface area contributed by atoms with Crippen molar-refractivity contribution in [1.29, 1.82) is 0 Å². The van der Waals surface area contributed by atoms with Gasteiger partial charge >= 0.3 is 0 Å². The average molecular weight is 239 g/mol. The van der Waals surface area contributed by atoms with Gasteiger partial charge in [-0.25, -0.2) is 0 Å². The number of nitrogens with zero attached hydrogens (tertiary/aromatic N) is 2. The summed E-state index contributed by atoms with van der Waals surface area (Å²) in [6.07, 6.45) is 3.95. The topological polar surface area (TPSA) is 74.2 Å². The molecular weight excluding hydrogens is 218 g/mol. The molecule has 1 heterocycles. The number of hydrogen-bond donors (Lipinski definition) is 1. The second-order valence-corrected chi connectivity index (χ2v) is 5.35. The Hall–Kier alpha value is -0.940. The molecule has 0 aromatic carbocycles. The van der Waals surface area contributed by atoms with Crippen LogP contribution in [0.3, 0.4) is 0 Å². The predicted octanol–water partition coefficient (Wildman–Crippen LogP) is 1.77. The summed E-state index contributed by atoms with van der Waals surface area (Å²) in [6, 6.07) is 0. The zero-order chi connectivity index (χ0) is 12.5. The Bertz CT molecular complexity index is 383. The maximum absolute atomic E-state index is 6.15. The van der Waals surface area contributed by atoms with Crippen LogP contribution < -0.4 is 5.73 Å². The predicted molar refractivity (Wildman–Crippen MR) is 63.4 cm³/mol. The van der Waals surface area contributed by atoms with Crippen molar-refractivity contribution >= 4 is 0 Å². The Kier molecular flexibility index (Phi) is 3.23. The van der Waals surface area contributed by atoms with Crippen molar-refractivity contribution in [3.8, 4) is 0 Å². The van der Waals surface area contributed by atoms with Crippen molar-refractivity contribution in [3.05, 3.63) is 11.7 Å². The molecule has 0 unspecified atom stereocenters. The molecule has 0 aliphatic heterocycles. The van der Waals surface area contributed by atoms with Gasteiger partial charge in [0.15, 0.2) is 0 Å². The SMILES string of the molecule is CCOC(C)(C)c1noc(CC2(N)CCC2)n1. The van der Waals surface area contributed by atoms with Crippen molar-refractivity contribution < 1.29 is 9.26 Å². The molecule has 1 aromatic heterocycles. The summed E-state index contributed by atoms with van der Waals surface area (Å²) >= 11 is 0. The summed E-state index contributed by atoms with van der Waals surface area (Å²) in [7, 11) is 0. The maximum atomic E-state index is 6.15. The minimum atomic E-state index is -0.502. The van der Waals surface area contributed by atoms with E-state index in [0.717, 1.165) is 12.8 Å². The lowest BCUT2D eigenvalue weighted by atomic mass is 9.75. The molecular formula is C12H21N3O2. The Morgan fingerprint density at radius 2 is 2.18 bits per heavy atom. The van der Waals surface area contributed by atoms with Crippen LogP contribution in [0, 0.1) is 0 Å². The molecule has 1 aromatic rings. The highest BCUT2D eigenvalue weighted by Crippen LogP contribution is 2.32. The van der Waals surface area contributed by atoms with Gasteiger partial charge in [0.05, 0.1) is 0 Å². The zero-order valence-corrected chi connectivity index (χ0v) is 10.8. The molecule has 0 saturated heterocycles. The summed E-state index contributed by atoms with van der Waals surface area (Å²) < 4.78 is 10.8. The minimum Gasteiger partial charge on any atom is -0.368 e. The van der Waals surface area contributed by atoms with Crippen molar-refractivity contribution in [2.75, 3.05) is 6.61 Å². The third kappa shape index (κ3) is 2.66. The molecule has 1 saturated carbocycles. The van der Waals surface area contributed by atoms with E-state index >= 15 is 0 Å². The fourth-order valence-corrected chi connectivity index (χ4v) is 2.11. The van der Waals surface area contributed by atoms with Gasteiger partial charge < -0.3 is 15.0 Å². The summed E-state index contributed by atoms with van der Waals surface area (Å²) in [6.45, 7) is 6.45. The molecule has 1 aliphatic carbocycles. The largest absolute Gasteiger partial charge is 0.368 e. The van der Waals surface area contributed by atoms with Crippen molar-refractivity contribution in [1.82, 2.24) is 10.1 Å². The average Bonchev–Trinajstić information content (AvgIpc) is 2.64. The highest BCUT2D eigenvalue weighted by molar-refractivity contribution is 5.03. The van der Waals surface area contributed by atoms with Gasteiger partial charge in [-0.2, -0.15) is 4.98 Å². The monoisotopic (exact) mass is 239 g/mol. The van der Waals surface area contributed by atoms with E-state index in [0.29, 0.717) is 24.7 Å². The van der Waals surface area contributed by atoms with E-state index in [1.165, 1.54) is 6.42 Å². The Morgan fingerprint density at radius 3 is 2.71 bits per heavy atom. The van der Waals surface area contributed by atoms with Gasteiger partial charge in [0.2, 0.25) is 11.7 Å². The standard InChI is InChI=1S/C12H21N3O2/c1-4-16-11(2,3)10-14-9(17-15-10)8-12(13)6-5-7-12/h4-8,13H2,1-3H3. The highest BCUT2D eigenvalue weighted by atomic mass is 16.5. The number of nitrogens with two attached hydrogens (primary N) is 1. The minimum absolute atomic E-state index is 0.125. The smallest absolute Gasteiger partial charge is 0.228 e. The van der Waals surface area contributed by atoms with Crippen LogP contribution in [0.5, 0.6) is 0 Å². The van der Waals surface area contributed by atoms with Gasteiger partial charge in [-0.1, -0.05) is 5.16 Å². The van der Waals surface area contributed by atoms with E-state index in [4.69, 9.17) is 15.0 Å². The first-order chi connectivity index (χ1) is 7.95. The lowest BCUT2D eigenvalue weighted by molar-refractivity contribution is -0.0221. The van der Waals surface area contributed by atoms with Crippen molar-refractivity contribution in [2.24, 2.45) is 5.73 Å². The Balaban J connectivity index is 2.05. The van der Waals surface area contributed by atoms with Crippen LogP contribution in [-0.4, -0.2) is 22.3 Å².